The van der Waals surface area contributed by atoms with E-state index in [-0.39, 0.29) is 11.8 Å². The number of carbonyl (C=O) groups excluding carboxylic acids is 2. The SMILES string of the molecule is CSCCC(NC(=O)c1ccccc1Br)C(=O)Nc1cnn(CCN(C)C)c1. The molecule has 0 saturated heterocycles. The van der Waals surface area contributed by atoms with E-state index in [4.69, 9.17) is 0 Å². The highest BCUT2D eigenvalue weighted by Gasteiger charge is 2.22. The molecule has 2 amide bonds. The number of aromatic nitrogens is 2. The number of hydrogen-bond acceptors (Lipinski definition) is 5. The first kappa shape index (κ1) is 22.4. The van der Waals surface area contributed by atoms with E-state index in [1.54, 1.807) is 47.0 Å². The number of rotatable bonds is 10. The highest BCUT2D eigenvalue weighted by Crippen LogP contribution is 2.16. The van der Waals surface area contributed by atoms with Crippen molar-refractivity contribution < 1.29 is 9.59 Å². The van der Waals surface area contributed by atoms with Gasteiger partial charge < -0.3 is 15.5 Å². The molecule has 0 aliphatic heterocycles. The Morgan fingerprint density at radius 1 is 1.32 bits per heavy atom. The second kappa shape index (κ2) is 11.2. The fourth-order valence-corrected chi connectivity index (χ4v) is 3.40. The summed E-state index contributed by atoms with van der Waals surface area (Å²) in [6, 6.07) is 6.52. The smallest absolute Gasteiger partial charge is 0.253 e. The zero-order chi connectivity index (χ0) is 20.5. The molecule has 0 aliphatic carbocycles. The molecule has 2 aromatic rings. The summed E-state index contributed by atoms with van der Waals surface area (Å²) in [4.78, 5) is 27.4. The van der Waals surface area contributed by atoms with E-state index >= 15 is 0 Å². The first-order chi connectivity index (χ1) is 13.4. The normalized spacial score (nSPS) is 12.0. The lowest BCUT2D eigenvalue weighted by Gasteiger charge is -2.18. The maximum Gasteiger partial charge on any atom is 0.253 e. The predicted octanol–water partition coefficient (Wildman–Crippen LogP) is 2.70. The van der Waals surface area contributed by atoms with Crippen molar-refractivity contribution in [3.63, 3.8) is 0 Å². The topological polar surface area (TPSA) is 79.3 Å². The molecule has 1 atom stereocenters. The van der Waals surface area contributed by atoms with Crippen LogP contribution < -0.4 is 10.6 Å². The maximum absolute atomic E-state index is 12.8. The van der Waals surface area contributed by atoms with Crippen molar-refractivity contribution in [3.8, 4) is 0 Å². The van der Waals surface area contributed by atoms with E-state index in [0.29, 0.717) is 22.1 Å². The Balaban J connectivity index is 2.02. The van der Waals surface area contributed by atoms with Gasteiger partial charge >= 0.3 is 0 Å². The predicted molar refractivity (Wildman–Crippen MR) is 118 cm³/mol. The van der Waals surface area contributed by atoms with Gasteiger partial charge in [0.1, 0.15) is 6.04 Å². The van der Waals surface area contributed by atoms with Crippen LogP contribution >= 0.6 is 27.7 Å². The number of carbonyl (C=O) groups is 2. The Kier molecular flexibility index (Phi) is 9.01. The summed E-state index contributed by atoms with van der Waals surface area (Å²) in [5.74, 6) is 0.230. The van der Waals surface area contributed by atoms with Gasteiger partial charge in [0.2, 0.25) is 5.91 Å². The molecule has 0 saturated carbocycles. The van der Waals surface area contributed by atoms with Crippen molar-refractivity contribution in [2.45, 2.75) is 19.0 Å². The number of benzene rings is 1. The summed E-state index contributed by atoms with van der Waals surface area (Å²) < 4.78 is 2.48. The molecule has 0 bridgehead atoms. The summed E-state index contributed by atoms with van der Waals surface area (Å²) in [7, 11) is 3.99. The van der Waals surface area contributed by atoms with Crippen LogP contribution in [-0.4, -0.2) is 65.2 Å². The number of halogens is 1. The zero-order valence-corrected chi connectivity index (χ0v) is 18.7. The quantitative estimate of drug-likeness (QED) is 0.561. The second-order valence-corrected chi connectivity index (χ2v) is 8.41. The van der Waals surface area contributed by atoms with Crippen molar-refractivity contribution in [2.24, 2.45) is 0 Å². The molecule has 152 valence electrons. The van der Waals surface area contributed by atoms with Crippen LogP contribution in [0.2, 0.25) is 0 Å². The van der Waals surface area contributed by atoms with Gasteiger partial charge in [-0.1, -0.05) is 12.1 Å². The second-order valence-electron chi connectivity index (χ2n) is 6.57. The number of likely N-dealkylation sites (N-methyl/N-ethyl adjacent to an activating group) is 1. The van der Waals surface area contributed by atoms with Gasteiger partial charge in [0, 0.05) is 17.2 Å². The van der Waals surface area contributed by atoms with Crippen molar-refractivity contribution >= 4 is 45.2 Å². The third-order valence-corrected chi connectivity index (χ3v) is 5.36. The lowest BCUT2D eigenvalue weighted by Crippen LogP contribution is -2.44. The molecule has 1 aromatic heterocycles. The van der Waals surface area contributed by atoms with Crippen LogP contribution in [-0.2, 0) is 11.3 Å². The minimum Gasteiger partial charge on any atom is -0.340 e. The van der Waals surface area contributed by atoms with Crippen LogP contribution in [0.3, 0.4) is 0 Å². The third kappa shape index (κ3) is 6.96. The van der Waals surface area contributed by atoms with E-state index in [9.17, 15) is 9.59 Å². The maximum atomic E-state index is 12.8. The van der Waals surface area contributed by atoms with Gasteiger partial charge in [-0.3, -0.25) is 14.3 Å². The van der Waals surface area contributed by atoms with Gasteiger partial charge in [0.25, 0.3) is 5.91 Å². The molecule has 0 radical (unpaired) electrons. The van der Waals surface area contributed by atoms with E-state index < -0.39 is 6.04 Å². The standard InChI is InChI=1S/C19H26BrN5O2S/c1-24(2)9-10-25-13-14(12-21-25)22-19(27)17(8-11-28-3)23-18(26)15-6-4-5-7-16(15)20/h4-7,12-13,17H,8-11H2,1-3H3,(H,22,27)(H,23,26). The number of hydrogen-bond donors (Lipinski definition) is 2. The Labute approximate surface area is 178 Å². The minimum atomic E-state index is -0.628. The van der Waals surface area contributed by atoms with E-state index in [1.807, 2.05) is 26.4 Å². The van der Waals surface area contributed by atoms with Crippen molar-refractivity contribution in [1.82, 2.24) is 20.0 Å². The van der Waals surface area contributed by atoms with Gasteiger partial charge in [0.05, 0.1) is 24.0 Å². The first-order valence-corrected chi connectivity index (χ1v) is 11.1. The molecule has 9 heteroatoms. The molecular weight excluding hydrogens is 442 g/mol. The highest BCUT2D eigenvalue weighted by atomic mass is 79.9. The molecule has 1 unspecified atom stereocenters. The summed E-state index contributed by atoms with van der Waals surface area (Å²) >= 11 is 5.01. The molecule has 0 aliphatic rings. The van der Waals surface area contributed by atoms with Gasteiger partial charge in [-0.25, -0.2) is 0 Å². The number of nitrogens with zero attached hydrogens (tertiary/aromatic N) is 3. The molecule has 0 fully saturated rings. The molecule has 1 aromatic carbocycles. The summed E-state index contributed by atoms with van der Waals surface area (Å²) in [5.41, 5.74) is 1.12. The van der Waals surface area contributed by atoms with Gasteiger partial charge in [-0.05, 0) is 60.6 Å². The fourth-order valence-electron chi connectivity index (χ4n) is 2.47. The van der Waals surface area contributed by atoms with E-state index in [1.165, 1.54) is 0 Å². The minimum absolute atomic E-state index is 0.249. The zero-order valence-electron chi connectivity index (χ0n) is 16.3. The highest BCUT2D eigenvalue weighted by molar-refractivity contribution is 9.10. The molecular formula is C19H26BrN5O2S. The number of amides is 2. The fraction of sp³-hybridized carbons (Fsp3) is 0.421. The Morgan fingerprint density at radius 3 is 2.75 bits per heavy atom. The summed E-state index contributed by atoms with van der Waals surface area (Å²) in [6.45, 7) is 1.59. The molecule has 0 spiro atoms. The van der Waals surface area contributed by atoms with Crippen molar-refractivity contribution in [3.05, 3.63) is 46.7 Å². The van der Waals surface area contributed by atoms with Crippen LogP contribution in [0.25, 0.3) is 0 Å². The molecule has 7 nitrogen and oxygen atoms in total. The average Bonchev–Trinajstić information content (AvgIpc) is 3.10. The summed E-state index contributed by atoms with van der Waals surface area (Å²) in [6.07, 6.45) is 5.93. The van der Waals surface area contributed by atoms with Gasteiger partial charge in [-0.15, -0.1) is 0 Å². The molecule has 2 N–H and O–H groups in total. The molecule has 2 rings (SSSR count). The Hall–Kier alpha value is -1.84. The average molecular weight is 468 g/mol. The Bertz CT molecular complexity index is 796. The molecule has 28 heavy (non-hydrogen) atoms. The van der Waals surface area contributed by atoms with Crippen molar-refractivity contribution in [1.29, 1.82) is 0 Å². The lowest BCUT2D eigenvalue weighted by atomic mass is 10.1. The number of nitrogens with one attached hydrogen (secondary N) is 2. The largest absolute Gasteiger partial charge is 0.340 e. The van der Waals surface area contributed by atoms with Crippen LogP contribution in [0.1, 0.15) is 16.8 Å². The summed E-state index contributed by atoms with van der Waals surface area (Å²) in [5, 5.41) is 9.97. The van der Waals surface area contributed by atoms with Crippen molar-refractivity contribution in [2.75, 3.05) is 38.0 Å². The van der Waals surface area contributed by atoms with Crippen LogP contribution in [0.4, 0.5) is 5.69 Å². The van der Waals surface area contributed by atoms with Gasteiger partial charge in [0.15, 0.2) is 0 Å². The van der Waals surface area contributed by atoms with Crippen LogP contribution in [0.5, 0.6) is 0 Å². The Morgan fingerprint density at radius 2 is 2.07 bits per heavy atom. The molecule has 1 heterocycles. The van der Waals surface area contributed by atoms with E-state index in [2.05, 4.69) is 36.6 Å². The third-order valence-electron chi connectivity index (χ3n) is 4.03. The first-order valence-electron chi connectivity index (χ1n) is 8.93. The van der Waals surface area contributed by atoms with E-state index in [0.717, 1.165) is 18.8 Å². The van der Waals surface area contributed by atoms with Crippen LogP contribution in [0.15, 0.2) is 41.1 Å². The van der Waals surface area contributed by atoms with Crippen LogP contribution in [0, 0.1) is 0 Å². The van der Waals surface area contributed by atoms with Gasteiger partial charge in [-0.2, -0.15) is 16.9 Å². The lowest BCUT2D eigenvalue weighted by molar-refractivity contribution is -0.118. The number of thioether (sulfide) groups is 1. The number of anilines is 1. The monoisotopic (exact) mass is 467 g/mol.